The van der Waals surface area contributed by atoms with Gasteiger partial charge in [0.05, 0.1) is 12.0 Å². The van der Waals surface area contributed by atoms with Crippen LogP contribution >= 0.6 is 0 Å². The second-order valence-electron chi connectivity index (χ2n) is 4.70. The Morgan fingerprint density at radius 3 is 2.35 bits per heavy atom. The number of fused-ring (bicyclic) bond motifs is 1. The van der Waals surface area contributed by atoms with E-state index >= 15 is 0 Å². The van der Waals surface area contributed by atoms with Gasteiger partial charge >= 0.3 is 0 Å². The summed E-state index contributed by atoms with van der Waals surface area (Å²) in [5, 5.41) is 28.4. The van der Waals surface area contributed by atoms with Crippen LogP contribution in [-0.4, -0.2) is 21.1 Å². The zero-order valence-corrected chi connectivity index (χ0v) is 10.4. The standard InChI is InChI=1S/C15H12O5/c16-9-1-2-12-13(19)7-14(20-15(12)6-9)8-3-10(17)5-11(18)4-8/h1-6,14,16-18H,7H2/t14-/m0/s1. The topological polar surface area (TPSA) is 87.0 Å². The SMILES string of the molecule is O=C1C[C@@H](c2cc(O)cc(O)c2)Oc2cc(O)ccc21. The van der Waals surface area contributed by atoms with E-state index in [-0.39, 0.29) is 29.5 Å². The predicted octanol–water partition coefficient (Wildman–Crippen LogP) is 2.51. The van der Waals surface area contributed by atoms with Gasteiger partial charge in [-0.25, -0.2) is 0 Å². The first-order chi connectivity index (χ1) is 9.52. The molecular formula is C15H12O5. The number of phenolic OH excluding ortho intramolecular Hbond substituents is 3. The molecule has 0 unspecified atom stereocenters. The molecule has 0 fully saturated rings. The van der Waals surface area contributed by atoms with Crippen molar-refractivity contribution in [2.75, 3.05) is 0 Å². The van der Waals surface area contributed by atoms with Crippen molar-refractivity contribution in [3.05, 3.63) is 47.5 Å². The van der Waals surface area contributed by atoms with Gasteiger partial charge in [0.1, 0.15) is 29.1 Å². The van der Waals surface area contributed by atoms with E-state index in [4.69, 9.17) is 4.74 Å². The van der Waals surface area contributed by atoms with Crippen molar-refractivity contribution < 1.29 is 24.9 Å². The van der Waals surface area contributed by atoms with Crippen LogP contribution in [0.15, 0.2) is 36.4 Å². The third kappa shape index (κ3) is 2.14. The fourth-order valence-corrected chi connectivity index (χ4v) is 2.30. The zero-order valence-electron chi connectivity index (χ0n) is 10.4. The Balaban J connectivity index is 2.00. The van der Waals surface area contributed by atoms with Gasteiger partial charge in [0.25, 0.3) is 0 Å². The summed E-state index contributed by atoms with van der Waals surface area (Å²) < 4.78 is 5.68. The highest BCUT2D eigenvalue weighted by Gasteiger charge is 2.28. The Bertz CT molecular complexity index is 672. The van der Waals surface area contributed by atoms with E-state index in [1.165, 1.54) is 36.4 Å². The number of hydrogen-bond acceptors (Lipinski definition) is 5. The van der Waals surface area contributed by atoms with Crippen molar-refractivity contribution in [2.24, 2.45) is 0 Å². The van der Waals surface area contributed by atoms with Gasteiger partial charge in [-0.2, -0.15) is 0 Å². The normalized spacial score (nSPS) is 17.4. The summed E-state index contributed by atoms with van der Waals surface area (Å²) >= 11 is 0. The third-order valence-corrected chi connectivity index (χ3v) is 3.20. The number of aromatic hydroxyl groups is 3. The van der Waals surface area contributed by atoms with Gasteiger partial charge in [-0.1, -0.05) is 0 Å². The molecule has 1 atom stereocenters. The first-order valence-corrected chi connectivity index (χ1v) is 6.09. The number of phenols is 3. The van der Waals surface area contributed by atoms with E-state index < -0.39 is 6.10 Å². The summed E-state index contributed by atoms with van der Waals surface area (Å²) in [6.07, 6.45) is -0.490. The number of hydrogen-bond donors (Lipinski definition) is 3. The first-order valence-electron chi connectivity index (χ1n) is 6.09. The van der Waals surface area contributed by atoms with Gasteiger partial charge in [-0.15, -0.1) is 0 Å². The second-order valence-corrected chi connectivity index (χ2v) is 4.70. The van der Waals surface area contributed by atoms with Gasteiger partial charge in [0.15, 0.2) is 5.78 Å². The summed E-state index contributed by atoms with van der Waals surface area (Å²) in [5.41, 5.74) is 0.924. The molecule has 0 saturated heterocycles. The maximum Gasteiger partial charge on any atom is 0.170 e. The lowest BCUT2D eigenvalue weighted by molar-refractivity contribution is 0.0849. The van der Waals surface area contributed by atoms with E-state index in [2.05, 4.69) is 0 Å². The molecule has 1 heterocycles. The van der Waals surface area contributed by atoms with Gasteiger partial charge in [-0.05, 0) is 24.3 Å². The van der Waals surface area contributed by atoms with Crippen LogP contribution < -0.4 is 4.74 Å². The molecule has 0 amide bonds. The van der Waals surface area contributed by atoms with Crippen molar-refractivity contribution in [1.29, 1.82) is 0 Å². The van der Waals surface area contributed by atoms with Crippen LogP contribution in [0, 0.1) is 0 Å². The molecule has 0 radical (unpaired) electrons. The minimum Gasteiger partial charge on any atom is -0.508 e. The van der Waals surface area contributed by atoms with E-state index in [1.807, 2.05) is 0 Å². The van der Waals surface area contributed by atoms with Crippen LogP contribution in [0.5, 0.6) is 23.0 Å². The fourth-order valence-electron chi connectivity index (χ4n) is 2.30. The Kier molecular flexibility index (Phi) is 2.75. The van der Waals surface area contributed by atoms with E-state index in [1.54, 1.807) is 0 Å². The molecule has 1 aliphatic heterocycles. The molecule has 1 aliphatic rings. The maximum atomic E-state index is 12.1. The van der Waals surface area contributed by atoms with E-state index in [9.17, 15) is 20.1 Å². The smallest absolute Gasteiger partial charge is 0.170 e. The zero-order chi connectivity index (χ0) is 14.3. The van der Waals surface area contributed by atoms with Crippen LogP contribution in [-0.2, 0) is 0 Å². The van der Waals surface area contributed by atoms with Crippen LogP contribution in [0.1, 0.15) is 28.4 Å². The number of rotatable bonds is 1. The number of benzene rings is 2. The molecule has 2 aromatic rings. The maximum absolute atomic E-state index is 12.1. The highest BCUT2D eigenvalue weighted by atomic mass is 16.5. The second kappa shape index (κ2) is 4.45. The number of carbonyl (C=O) groups excluding carboxylic acids is 1. The molecule has 2 aromatic carbocycles. The molecule has 5 nitrogen and oxygen atoms in total. The monoisotopic (exact) mass is 272 g/mol. The highest BCUT2D eigenvalue weighted by Crippen LogP contribution is 2.38. The quantitative estimate of drug-likeness (QED) is 0.742. The molecule has 0 bridgehead atoms. The molecule has 0 aliphatic carbocycles. The van der Waals surface area contributed by atoms with E-state index in [0.717, 1.165) is 0 Å². The molecule has 3 rings (SSSR count). The number of Topliss-reactive ketones (excluding diaryl/α,β-unsaturated/α-hetero) is 1. The van der Waals surface area contributed by atoms with Crippen molar-refractivity contribution in [2.45, 2.75) is 12.5 Å². The van der Waals surface area contributed by atoms with Gasteiger partial charge in [0, 0.05) is 17.7 Å². The lowest BCUT2D eigenvalue weighted by atomic mass is 9.96. The van der Waals surface area contributed by atoms with Crippen molar-refractivity contribution in [3.63, 3.8) is 0 Å². The summed E-state index contributed by atoms with van der Waals surface area (Å²) in [6, 6.07) is 8.40. The number of ketones is 1. The van der Waals surface area contributed by atoms with Crippen LogP contribution in [0.4, 0.5) is 0 Å². The molecule has 20 heavy (non-hydrogen) atoms. The minimum absolute atomic E-state index is 0.0101. The van der Waals surface area contributed by atoms with Crippen molar-refractivity contribution >= 4 is 5.78 Å². The molecule has 5 heteroatoms. The van der Waals surface area contributed by atoms with Gasteiger partial charge < -0.3 is 20.1 Å². The number of ether oxygens (including phenoxy) is 1. The third-order valence-electron chi connectivity index (χ3n) is 3.20. The largest absolute Gasteiger partial charge is 0.508 e. The van der Waals surface area contributed by atoms with Crippen LogP contribution in [0.2, 0.25) is 0 Å². The van der Waals surface area contributed by atoms with Crippen LogP contribution in [0.25, 0.3) is 0 Å². The van der Waals surface area contributed by atoms with Crippen molar-refractivity contribution in [1.82, 2.24) is 0 Å². The molecule has 102 valence electrons. The Labute approximate surface area is 114 Å². The van der Waals surface area contributed by atoms with Crippen molar-refractivity contribution in [3.8, 4) is 23.0 Å². The van der Waals surface area contributed by atoms with Gasteiger partial charge in [-0.3, -0.25) is 4.79 Å². The Morgan fingerprint density at radius 2 is 1.65 bits per heavy atom. The Morgan fingerprint density at radius 1 is 0.950 bits per heavy atom. The molecule has 0 aromatic heterocycles. The van der Waals surface area contributed by atoms with Gasteiger partial charge in [0.2, 0.25) is 0 Å². The Hall–Kier alpha value is -2.69. The van der Waals surface area contributed by atoms with E-state index in [0.29, 0.717) is 16.9 Å². The highest BCUT2D eigenvalue weighted by molar-refractivity contribution is 6.00. The lowest BCUT2D eigenvalue weighted by Crippen LogP contribution is -2.20. The molecule has 0 saturated carbocycles. The number of carbonyl (C=O) groups is 1. The summed E-state index contributed by atoms with van der Waals surface area (Å²) in [4.78, 5) is 12.1. The average molecular weight is 272 g/mol. The first kappa shape index (κ1) is 12.3. The predicted molar refractivity (Wildman–Crippen MR) is 70.2 cm³/mol. The summed E-state index contributed by atoms with van der Waals surface area (Å²) in [7, 11) is 0. The fraction of sp³-hybridized carbons (Fsp3) is 0.133. The summed E-state index contributed by atoms with van der Waals surface area (Å²) in [5.74, 6) is -0.000342. The molecular weight excluding hydrogens is 260 g/mol. The molecule has 3 N–H and O–H groups in total. The minimum atomic E-state index is -0.602. The average Bonchev–Trinajstić information content (AvgIpc) is 2.36. The van der Waals surface area contributed by atoms with Crippen LogP contribution in [0.3, 0.4) is 0 Å². The molecule has 0 spiro atoms. The lowest BCUT2D eigenvalue weighted by Gasteiger charge is -2.25. The summed E-state index contributed by atoms with van der Waals surface area (Å²) in [6.45, 7) is 0.